The molecule has 0 radical (unpaired) electrons. The SMILES string of the molecule is Cc1ccc(Oc2ccc(NC(=O)C3CCN(S(C)(=O)=O)CC3)cn2)cc1C. The first-order valence-electron chi connectivity index (χ1n) is 9.19. The number of sulfonamides is 1. The summed E-state index contributed by atoms with van der Waals surface area (Å²) in [5.41, 5.74) is 2.92. The lowest BCUT2D eigenvalue weighted by Gasteiger charge is -2.29. The summed E-state index contributed by atoms with van der Waals surface area (Å²) in [7, 11) is -3.19. The Morgan fingerprint density at radius 1 is 1.14 bits per heavy atom. The molecular weight excluding hydrogens is 378 g/mol. The van der Waals surface area contributed by atoms with E-state index in [4.69, 9.17) is 4.74 Å². The Hall–Kier alpha value is -2.45. The minimum atomic E-state index is -3.19. The maximum atomic E-state index is 12.4. The number of carbonyl (C=O) groups is 1. The molecule has 1 aliphatic rings. The van der Waals surface area contributed by atoms with Gasteiger partial charge in [-0.05, 0) is 56.0 Å². The van der Waals surface area contributed by atoms with Gasteiger partial charge in [0.15, 0.2) is 0 Å². The number of nitrogens with one attached hydrogen (secondary N) is 1. The zero-order chi connectivity index (χ0) is 20.3. The highest BCUT2D eigenvalue weighted by molar-refractivity contribution is 7.88. The monoisotopic (exact) mass is 403 g/mol. The standard InChI is InChI=1S/C20H25N3O4S/c1-14-4-6-18(12-15(14)2)27-19-7-5-17(13-21-19)22-20(24)16-8-10-23(11-9-16)28(3,25)26/h4-7,12-13,16H,8-11H2,1-3H3,(H,22,24). The van der Waals surface area contributed by atoms with Crippen molar-refractivity contribution in [1.29, 1.82) is 0 Å². The second-order valence-corrected chi connectivity index (χ2v) is 9.14. The van der Waals surface area contributed by atoms with Gasteiger partial charge in [-0.25, -0.2) is 17.7 Å². The molecule has 0 spiro atoms. The minimum absolute atomic E-state index is 0.113. The van der Waals surface area contributed by atoms with Crippen LogP contribution in [0, 0.1) is 19.8 Å². The molecule has 3 rings (SSSR count). The average Bonchev–Trinajstić information content (AvgIpc) is 2.66. The first-order valence-corrected chi connectivity index (χ1v) is 11.0. The molecule has 8 heteroatoms. The Bertz CT molecular complexity index is 950. The quantitative estimate of drug-likeness (QED) is 0.829. The molecule has 1 aromatic heterocycles. The Kier molecular flexibility index (Phi) is 6.00. The van der Waals surface area contributed by atoms with Crippen molar-refractivity contribution in [3.63, 3.8) is 0 Å². The normalized spacial score (nSPS) is 16.0. The number of amides is 1. The number of pyridine rings is 1. The van der Waals surface area contributed by atoms with E-state index in [-0.39, 0.29) is 11.8 Å². The van der Waals surface area contributed by atoms with E-state index in [0.717, 1.165) is 5.56 Å². The van der Waals surface area contributed by atoms with Crippen LogP contribution in [0.25, 0.3) is 0 Å². The van der Waals surface area contributed by atoms with Crippen molar-refractivity contribution in [2.24, 2.45) is 5.92 Å². The summed E-state index contributed by atoms with van der Waals surface area (Å²) in [6, 6.07) is 9.29. The lowest BCUT2D eigenvalue weighted by Crippen LogP contribution is -2.40. The molecule has 0 saturated carbocycles. The third kappa shape index (κ3) is 5.08. The van der Waals surface area contributed by atoms with Crippen molar-refractivity contribution < 1.29 is 17.9 Å². The van der Waals surface area contributed by atoms with Gasteiger partial charge in [-0.1, -0.05) is 6.07 Å². The van der Waals surface area contributed by atoms with Crippen molar-refractivity contribution in [3.8, 4) is 11.6 Å². The number of aromatic nitrogens is 1. The van der Waals surface area contributed by atoms with Gasteiger partial charge in [-0.15, -0.1) is 0 Å². The fraction of sp³-hybridized carbons (Fsp3) is 0.400. The molecular formula is C20H25N3O4S. The molecule has 0 aliphatic carbocycles. The van der Waals surface area contributed by atoms with Crippen LogP contribution < -0.4 is 10.1 Å². The third-order valence-corrected chi connectivity index (χ3v) is 6.30. The largest absolute Gasteiger partial charge is 0.439 e. The number of anilines is 1. The summed E-state index contributed by atoms with van der Waals surface area (Å²) in [5.74, 6) is 0.843. The molecule has 7 nitrogen and oxygen atoms in total. The summed E-state index contributed by atoms with van der Waals surface area (Å²) < 4.78 is 30.3. The van der Waals surface area contributed by atoms with Gasteiger partial charge < -0.3 is 10.1 Å². The van der Waals surface area contributed by atoms with Gasteiger partial charge in [-0.3, -0.25) is 4.79 Å². The van der Waals surface area contributed by atoms with Crippen molar-refractivity contribution >= 4 is 21.6 Å². The van der Waals surface area contributed by atoms with E-state index in [0.29, 0.717) is 43.2 Å². The molecule has 1 aliphatic heterocycles. The zero-order valence-corrected chi connectivity index (χ0v) is 17.1. The second kappa shape index (κ2) is 8.28. The molecule has 1 fully saturated rings. The van der Waals surface area contributed by atoms with Crippen molar-refractivity contribution in [3.05, 3.63) is 47.7 Å². The first kappa shape index (κ1) is 20.3. The predicted octanol–water partition coefficient (Wildman–Crippen LogP) is 3.10. The van der Waals surface area contributed by atoms with E-state index in [2.05, 4.69) is 10.3 Å². The van der Waals surface area contributed by atoms with Gasteiger partial charge in [0.2, 0.25) is 21.8 Å². The number of piperidine rings is 1. The second-order valence-electron chi connectivity index (χ2n) is 7.16. The Morgan fingerprint density at radius 3 is 2.43 bits per heavy atom. The smallest absolute Gasteiger partial charge is 0.227 e. The van der Waals surface area contributed by atoms with Crippen LogP contribution >= 0.6 is 0 Å². The summed E-state index contributed by atoms with van der Waals surface area (Å²) in [6.07, 6.45) is 3.78. The average molecular weight is 404 g/mol. The number of ether oxygens (including phenoxy) is 1. The molecule has 150 valence electrons. The predicted molar refractivity (Wildman–Crippen MR) is 108 cm³/mol. The van der Waals surface area contributed by atoms with E-state index in [1.54, 1.807) is 18.3 Å². The van der Waals surface area contributed by atoms with Gasteiger partial charge >= 0.3 is 0 Å². The van der Waals surface area contributed by atoms with Gasteiger partial charge in [0.1, 0.15) is 5.75 Å². The molecule has 1 amide bonds. The third-order valence-electron chi connectivity index (χ3n) is 5.00. The zero-order valence-electron chi connectivity index (χ0n) is 16.3. The summed E-state index contributed by atoms with van der Waals surface area (Å²) in [5, 5.41) is 2.85. The fourth-order valence-corrected chi connectivity index (χ4v) is 3.98. The number of rotatable bonds is 5. The van der Waals surface area contributed by atoms with Crippen molar-refractivity contribution in [2.75, 3.05) is 24.7 Å². The van der Waals surface area contributed by atoms with E-state index < -0.39 is 10.0 Å². The Labute approximate surface area is 165 Å². The lowest BCUT2D eigenvalue weighted by atomic mass is 9.97. The minimum Gasteiger partial charge on any atom is -0.439 e. The number of hydrogen-bond donors (Lipinski definition) is 1. The molecule has 2 heterocycles. The van der Waals surface area contributed by atoms with Crippen LogP contribution in [0.15, 0.2) is 36.5 Å². The highest BCUT2D eigenvalue weighted by atomic mass is 32.2. The highest BCUT2D eigenvalue weighted by Crippen LogP contribution is 2.24. The number of carbonyl (C=O) groups excluding carboxylic acids is 1. The molecule has 1 aromatic carbocycles. The number of hydrogen-bond acceptors (Lipinski definition) is 5. The molecule has 2 aromatic rings. The maximum absolute atomic E-state index is 12.4. The molecule has 28 heavy (non-hydrogen) atoms. The van der Waals surface area contributed by atoms with Gasteiger partial charge in [0.25, 0.3) is 0 Å². The first-order chi connectivity index (χ1) is 13.2. The highest BCUT2D eigenvalue weighted by Gasteiger charge is 2.28. The summed E-state index contributed by atoms with van der Waals surface area (Å²) in [6.45, 7) is 4.81. The van der Waals surface area contributed by atoms with E-state index in [1.807, 2.05) is 32.0 Å². The molecule has 0 bridgehead atoms. The number of nitrogens with zero attached hydrogens (tertiary/aromatic N) is 2. The van der Waals surface area contributed by atoms with Crippen molar-refractivity contribution in [2.45, 2.75) is 26.7 Å². The molecule has 0 atom stereocenters. The van der Waals surface area contributed by atoms with E-state index in [1.165, 1.54) is 16.1 Å². The van der Waals surface area contributed by atoms with Crippen LogP contribution in [0.4, 0.5) is 5.69 Å². The Morgan fingerprint density at radius 2 is 1.86 bits per heavy atom. The van der Waals surface area contributed by atoms with Crippen LogP contribution in [0.1, 0.15) is 24.0 Å². The van der Waals surface area contributed by atoms with Gasteiger partial charge in [-0.2, -0.15) is 0 Å². The Balaban J connectivity index is 1.55. The summed E-state index contributed by atoms with van der Waals surface area (Å²) in [4.78, 5) is 16.7. The van der Waals surface area contributed by atoms with Crippen LogP contribution in [0.3, 0.4) is 0 Å². The van der Waals surface area contributed by atoms with Crippen LogP contribution in [-0.4, -0.2) is 43.0 Å². The van der Waals surface area contributed by atoms with Crippen LogP contribution in [0.2, 0.25) is 0 Å². The molecule has 1 N–H and O–H groups in total. The fourth-order valence-electron chi connectivity index (χ4n) is 3.11. The van der Waals surface area contributed by atoms with Crippen molar-refractivity contribution in [1.82, 2.24) is 9.29 Å². The van der Waals surface area contributed by atoms with Crippen LogP contribution in [-0.2, 0) is 14.8 Å². The topological polar surface area (TPSA) is 88.6 Å². The van der Waals surface area contributed by atoms with Crippen LogP contribution in [0.5, 0.6) is 11.6 Å². The van der Waals surface area contributed by atoms with E-state index in [9.17, 15) is 13.2 Å². The lowest BCUT2D eigenvalue weighted by molar-refractivity contribution is -0.120. The van der Waals surface area contributed by atoms with Gasteiger partial charge in [0, 0.05) is 25.1 Å². The number of benzene rings is 1. The van der Waals surface area contributed by atoms with E-state index >= 15 is 0 Å². The number of aryl methyl sites for hydroxylation is 2. The van der Waals surface area contributed by atoms with Gasteiger partial charge in [0.05, 0.1) is 18.1 Å². The summed E-state index contributed by atoms with van der Waals surface area (Å²) >= 11 is 0. The molecule has 0 unspecified atom stereocenters. The maximum Gasteiger partial charge on any atom is 0.227 e. The molecule has 1 saturated heterocycles.